The smallest absolute Gasteiger partial charge is 0.325 e. The van der Waals surface area contributed by atoms with Crippen molar-refractivity contribution in [1.82, 2.24) is 10.2 Å². The molecule has 3 rings (SSSR count). The molecule has 0 spiro atoms. The Hall–Kier alpha value is -3.35. The van der Waals surface area contributed by atoms with E-state index in [1.54, 1.807) is 29.2 Å². The third-order valence-corrected chi connectivity index (χ3v) is 4.30. The molecule has 1 fully saturated rings. The van der Waals surface area contributed by atoms with Gasteiger partial charge in [-0.3, -0.25) is 14.4 Å². The molecule has 2 aromatic carbocycles. The number of nitrogens with one attached hydrogen (secondary N) is 1. The lowest BCUT2D eigenvalue weighted by Crippen LogP contribution is -2.35. The van der Waals surface area contributed by atoms with Crippen molar-refractivity contribution >= 4 is 17.8 Å². The molecule has 0 unspecified atom stereocenters. The van der Waals surface area contributed by atoms with E-state index >= 15 is 0 Å². The van der Waals surface area contributed by atoms with E-state index in [9.17, 15) is 14.4 Å². The number of carbonyl (C=O) groups excluding carboxylic acids is 3. The van der Waals surface area contributed by atoms with Gasteiger partial charge in [0.15, 0.2) is 6.61 Å². The van der Waals surface area contributed by atoms with Crippen LogP contribution in [-0.2, 0) is 14.3 Å². The molecule has 0 radical (unpaired) electrons. The van der Waals surface area contributed by atoms with Crippen molar-refractivity contribution < 1.29 is 23.9 Å². The molecule has 0 bridgehead atoms. The molecule has 1 aliphatic rings. The first kappa shape index (κ1) is 19.4. The van der Waals surface area contributed by atoms with E-state index in [1.165, 1.54) is 0 Å². The molecular formula is C21H22N2O5. The van der Waals surface area contributed by atoms with E-state index in [2.05, 4.69) is 5.32 Å². The molecule has 1 heterocycles. The van der Waals surface area contributed by atoms with E-state index in [0.29, 0.717) is 30.2 Å². The van der Waals surface area contributed by atoms with Gasteiger partial charge in [-0.2, -0.15) is 0 Å². The maximum Gasteiger partial charge on any atom is 0.325 e. The summed E-state index contributed by atoms with van der Waals surface area (Å²) in [4.78, 5) is 37.4. The van der Waals surface area contributed by atoms with Crippen molar-refractivity contribution in [2.24, 2.45) is 0 Å². The standard InChI is InChI=1S/C21H22N2O5/c24-19(23-12-4-5-13-23)15-27-20(25)14-22-21(26)16-8-10-18(11-9-16)28-17-6-2-1-3-7-17/h1-3,6-11H,4-5,12-15H2,(H,22,26). The van der Waals surface area contributed by atoms with E-state index < -0.39 is 11.9 Å². The molecule has 7 heteroatoms. The number of para-hydroxylation sites is 1. The fraction of sp³-hybridized carbons (Fsp3) is 0.286. The largest absolute Gasteiger partial charge is 0.457 e. The van der Waals surface area contributed by atoms with E-state index in [4.69, 9.17) is 9.47 Å². The zero-order chi connectivity index (χ0) is 19.8. The van der Waals surface area contributed by atoms with Gasteiger partial charge in [0.2, 0.25) is 0 Å². The molecule has 1 saturated heterocycles. The molecule has 0 aliphatic carbocycles. The molecule has 146 valence electrons. The average molecular weight is 382 g/mol. The van der Waals surface area contributed by atoms with Crippen molar-refractivity contribution in [3.63, 3.8) is 0 Å². The molecule has 1 N–H and O–H groups in total. The summed E-state index contributed by atoms with van der Waals surface area (Å²) in [6, 6.07) is 15.9. The number of carbonyl (C=O) groups is 3. The molecule has 28 heavy (non-hydrogen) atoms. The molecule has 0 atom stereocenters. The van der Waals surface area contributed by atoms with Crippen LogP contribution in [0.25, 0.3) is 0 Å². The Bertz CT molecular complexity index is 814. The second-order valence-corrected chi connectivity index (χ2v) is 6.37. The predicted molar refractivity (Wildman–Crippen MR) is 102 cm³/mol. The van der Waals surface area contributed by atoms with Crippen LogP contribution in [0, 0.1) is 0 Å². The number of ether oxygens (including phenoxy) is 2. The maximum absolute atomic E-state index is 12.1. The number of benzene rings is 2. The van der Waals surface area contributed by atoms with Crippen molar-refractivity contribution in [2.45, 2.75) is 12.8 Å². The van der Waals surface area contributed by atoms with Gasteiger partial charge < -0.3 is 19.7 Å². The SMILES string of the molecule is O=C(CNC(=O)c1ccc(Oc2ccccc2)cc1)OCC(=O)N1CCCC1. The molecule has 2 aromatic rings. The molecule has 0 aromatic heterocycles. The Kier molecular flexibility index (Phi) is 6.62. The first-order chi connectivity index (χ1) is 13.6. The fourth-order valence-corrected chi connectivity index (χ4v) is 2.80. The highest BCUT2D eigenvalue weighted by Gasteiger charge is 2.19. The van der Waals surface area contributed by atoms with Crippen LogP contribution >= 0.6 is 0 Å². The molecule has 7 nitrogen and oxygen atoms in total. The number of nitrogens with zero attached hydrogens (tertiary/aromatic N) is 1. The van der Waals surface area contributed by atoms with Crippen LogP contribution in [0.2, 0.25) is 0 Å². The highest BCUT2D eigenvalue weighted by atomic mass is 16.5. The minimum absolute atomic E-state index is 0.203. The third-order valence-electron chi connectivity index (χ3n) is 4.30. The predicted octanol–water partition coefficient (Wildman–Crippen LogP) is 2.37. The van der Waals surface area contributed by atoms with Gasteiger partial charge in [-0.25, -0.2) is 0 Å². The van der Waals surface area contributed by atoms with Crippen LogP contribution in [0.1, 0.15) is 23.2 Å². The van der Waals surface area contributed by atoms with E-state index in [0.717, 1.165) is 12.8 Å². The van der Waals surface area contributed by atoms with Gasteiger partial charge >= 0.3 is 5.97 Å². The normalized spacial score (nSPS) is 13.1. The minimum Gasteiger partial charge on any atom is -0.457 e. The van der Waals surface area contributed by atoms with Crippen LogP contribution < -0.4 is 10.1 Å². The van der Waals surface area contributed by atoms with Crippen LogP contribution in [0.15, 0.2) is 54.6 Å². The topological polar surface area (TPSA) is 84.9 Å². The maximum atomic E-state index is 12.1. The van der Waals surface area contributed by atoms with Crippen LogP contribution in [0.5, 0.6) is 11.5 Å². The lowest BCUT2D eigenvalue weighted by Gasteiger charge is -2.15. The summed E-state index contributed by atoms with van der Waals surface area (Å²) in [5.41, 5.74) is 0.390. The monoisotopic (exact) mass is 382 g/mol. The third kappa shape index (κ3) is 5.57. The minimum atomic E-state index is -0.648. The second kappa shape index (κ2) is 9.55. The summed E-state index contributed by atoms with van der Waals surface area (Å²) in [7, 11) is 0. The summed E-state index contributed by atoms with van der Waals surface area (Å²) in [6.45, 7) is 0.822. The van der Waals surface area contributed by atoms with Crippen molar-refractivity contribution in [3.05, 3.63) is 60.2 Å². The zero-order valence-corrected chi connectivity index (χ0v) is 15.4. The lowest BCUT2D eigenvalue weighted by molar-refractivity contribution is -0.150. The second-order valence-electron chi connectivity index (χ2n) is 6.37. The average Bonchev–Trinajstić information content (AvgIpc) is 3.26. The summed E-state index contributed by atoms with van der Waals surface area (Å²) in [5, 5.41) is 2.48. The Morgan fingerprint density at radius 1 is 0.893 bits per heavy atom. The van der Waals surface area contributed by atoms with Crippen molar-refractivity contribution in [1.29, 1.82) is 0 Å². The summed E-state index contributed by atoms with van der Waals surface area (Å²) in [5.74, 6) is 0.0405. The summed E-state index contributed by atoms with van der Waals surface area (Å²) in [6.07, 6.45) is 1.95. The first-order valence-corrected chi connectivity index (χ1v) is 9.16. The molecule has 1 aliphatic heterocycles. The van der Waals surface area contributed by atoms with Crippen molar-refractivity contribution in [3.8, 4) is 11.5 Å². The number of hydrogen-bond donors (Lipinski definition) is 1. The Balaban J connectivity index is 1.41. The van der Waals surface area contributed by atoms with Crippen molar-refractivity contribution in [2.75, 3.05) is 26.2 Å². The first-order valence-electron chi connectivity index (χ1n) is 9.16. The highest BCUT2D eigenvalue weighted by molar-refractivity contribution is 5.96. The highest BCUT2D eigenvalue weighted by Crippen LogP contribution is 2.21. The van der Waals surface area contributed by atoms with Gasteiger partial charge in [0.1, 0.15) is 18.0 Å². The number of hydrogen-bond acceptors (Lipinski definition) is 5. The van der Waals surface area contributed by atoms with Gasteiger partial charge in [-0.15, -0.1) is 0 Å². The van der Waals surface area contributed by atoms with Gasteiger partial charge in [0.05, 0.1) is 0 Å². The number of likely N-dealkylation sites (tertiary alicyclic amines) is 1. The fourth-order valence-electron chi connectivity index (χ4n) is 2.80. The number of rotatable bonds is 7. The summed E-state index contributed by atoms with van der Waals surface area (Å²) >= 11 is 0. The quantitative estimate of drug-likeness (QED) is 0.743. The Morgan fingerprint density at radius 2 is 1.54 bits per heavy atom. The Morgan fingerprint density at radius 3 is 2.21 bits per heavy atom. The number of esters is 1. The van der Waals surface area contributed by atoms with Crippen LogP contribution in [0.4, 0.5) is 0 Å². The zero-order valence-electron chi connectivity index (χ0n) is 15.4. The molecular weight excluding hydrogens is 360 g/mol. The van der Waals surface area contributed by atoms with E-state index in [-0.39, 0.29) is 19.1 Å². The molecule has 2 amide bonds. The lowest BCUT2D eigenvalue weighted by atomic mass is 10.2. The van der Waals surface area contributed by atoms with Gasteiger partial charge in [0, 0.05) is 18.7 Å². The van der Waals surface area contributed by atoms with Gasteiger partial charge in [0.25, 0.3) is 11.8 Å². The van der Waals surface area contributed by atoms with Gasteiger partial charge in [-0.05, 0) is 49.2 Å². The molecule has 0 saturated carbocycles. The summed E-state index contributed by atoms with van der Waals surface area (Å²) < 4.78 is 10.6. The van der Waals surface area contributed by atoms with Crippen LogP contribution in [-0.4, -0.2) is 48.9 Å². The van der Waals surface area contributed by atoms with E-state index in [1.807, 2.05) is 30.3 Å². The van der Waals surface area contributed by atoms with Crippen LogP contribution in [0.3, 0.4) is 0 Å². The number of amides is 2. The van der Waals surface area contributed by atoms with Gasteiger partial charge in [-0.1, -0.05) is 18.2 Å². The Labute approximate surface area is 163 Å².